The van der Waals surface area contributed by atoms with Crippen LogP contribution < -0.4 is 16.1 Å². The molecule has 1 aliphatic rings. The number of ether oxygens (including phenoxy) is 1. The van der Waals surface area contributed by atoms with Crippen LogP contribution in [-0.4, -0.2) is 41.3 Å². The monoisotopic (exact) mass is 390 g/mol. The van der Waals surface area contributed by atoms with Gasteiger partial charge in [-0.2, -0.15) is 0 Å². The van der Waals surface area contributed by atoms with Crippen LogP contribution >= 0.6 is 0 Å². The molecular formula is C20H27FN4O3. The number of hydrogen-bond acceptors (Lipinski definition) is 6. The summed E-state index contributed by atoms with van der Waals surface area (Å²) < 4.78 is 21.6. The molecule has 2 aromatic rings. The number of rotatable bonds is 3. The lowest BCUT2D eigenvalue weighted by Gasteiger charge is -2.27. The van der Waals surface area contributed by atoms with E-state index in [0.29, 0.717) is 18.7 Å². The largest absolute Gasteiger partial charge is 0.462 e. The maximum absolute atomic E-state index is 14.9. The number of fused-ring (bicyclic) bond motifs is 1. The van der Waals surface area contributed by atoms with Crippen molar-refractivity contribution >= 4 is 22.8 Å². The van der Waals surface area contributed by atoms with E-state index in [1.54, 1.807) is 16.4 Å². The lowest BCUT2D eigenvalue weighted by atomic mass is 10.1. The number of anilines is 1. The molecule has 2 N–H and O–H groups in total. The number of hydrogen-bond donors (Lipinski definition) is 1. The smallest absolute Gasteiger partial charge is 0.343 e. The number of esters is 1. The quantitative estimate of drug-likeness (QED) is 0.809. The molecule has 0 unspecified atom stereocenters. The third kappa shape index (κ3) is 3.48. The Morgan fingerprint density at radius 3 is 2.61 bits per heavy atom. The second kappa shape index (κ2) is 7.16. The predicted octanol–water partition coefficient (Wildman–Crippen LogP) is 2.25. The molecule has 8 heteroatoms. The number of aromatic nitrogens is 2. The number of carbonyl (C=O) groups is 1. The van der Waals surface area contributed by atoms with E-state index in [9.17, 15) is 14.0 Å². The molecule has 0 aliphatic carbocycles. The van der Waals surface area contributed by atoms with E-state index in [2.05, 4.69) is 4.98 Å². The summed E-state index contributed by atoms with van der Waals surface area (Å²) in [6.07, 6.45) is 1.45. The molecule has 152 valence electrons. The maximum atomic E-state index is 14.9. The molecule has 3 rings (SSSR count). The first-order valence-corrected chi connectivity index (χ1v) is 9.48. The van der Waals surface area contributed by atoms with Crippen molar-refractivity contribution < 1.29 is 13.9 Å². The fraction of sp³-hybridized carbons (Fsp3) is 0.550. The summed E-state index contributed by atoms with van der Waals surface area (Å²) in [5, 5.41) is 0.0540. The van der Waals surface area contributed by atoms with Gasteiger partial charge in [-0.15, -0.1) is 0 Å². The Hall–Kier alpha value is -2.48. The molecule has 0 bridgehead atoms. The van der Waals surface area contributed by atoms with Gasteiger partial charge in [0.15, 0.2) is 11.6 Å². The normalized spacial score (nSPS) is 20.0. The highest BCUT2D eigenvalue weighted by atomic mass is 19.1. The molecule has 1 saturated heterocycles. The van der Waals surface area contributed by atoms with Crippen molar-refractivity contribution in [3.8, 4) is 0 Å². The standard InChI is InChI=1S/C20H27FN4O3/c1-6-28-19(27)13-9-25(20(3,4)5)17-12(16(13)26)7-14(21)18(23-17)24-8-11(2)15(22)10-24/h7,9,11,15H,6,8,10,22H2,1-5H3/t11-,15-/m1/s1. The first-order chi connectivity index (χ1) is 13.0. The fourth-order valence-electron chi connectivity index (χ4n) is 3.47. The van der Waals surface area contributed by atoms with Crippen molar-refractivity contribution in [3.63, 3.8) is 0 Å². The van der Waals surface area contributed by atoms with Crippen LogP contribution in [0.3, 0.4) is 0 Å². The van der Waals surface area contributed by atoms with Crippen molar-refractivity contribution in [1.29, 1.82) is 0 Å². The molecule has 28 heavy (non-hydrogen) atoms. The maximum Gasteiger partial charge on any atom is 0.343 e. The zero-order valence-corrected chi connectivity index (χ0v) is 17.0. The van der Waals surface area contributed by atoms with Crippen LogP contribution in [-0.2, 0) is 10.3 Å². The van der Waals surface area contributed by atoms with Crippen molar-refractivity contribution in [2.24, 2.45) is 11.7 Å². The minimum Gasteiger partial charge on any atom is -0.462 e. The Labute approximate surface area is 163 Å². The minimum absolute atomic E-state index is 0.0540. The van der Waals surface area contributed by atoms with Gasteiger partial charge in [-0.25, -0.2) is 14.2 Å². The van der Waals surface area contributed by atoms with Gasteiger partial charge in [0.25, 0.3) is 0 Å². The Morgan fingerprint density at radius 2 is 2.07 bits per heavy atom. The molecule has 3 heterocycles. The molecule has 0 radical (unpaired) electrons. The summed E-state index contributed by atoms with van der Waals surface area (Å²) in [7, 11) is 0. The van der Waals surface area contributed by atoms with Gasteiger partial charge in [0.1, 0.15) is 11.2 Å². The van der Waals surface area contributed by atoms with E-state index >= 15 is 0 Å². The molecule has 1 fully saturated rings. The SMILES string of the molecule is CCOC(=O)c1cn(C(C)(C)C)c2nc(N3C[C@@H](C)[C@H](N)C3)c(F)cc2c1=O. The molecule has 2 atom stereocenters. The summed E-state index contributed by atoms with van der Waals surface area (Å²) in [5.74, 6) is -0.940. The molecule has 7 nitrogen and oxygen atoms in total. The molecular weight excluding hydrogens is 363 g/mol. The van der Waals surface area contributed by atoms with Gasteiger partial charge in [-0.1, -0.05) is 6.92 Å². The number of nitrogens with zero attached hydrogens (tertiary/aromatic N) is 3. The molecule has 1 aliphatic heterocycles. The summed E-state index contributed by atoms with van der Waals surface area (Å²) in [5.41, 5.74) is 5.19. The van der Waals surface area contributed by atoms with Crippen molar-refractivity contribution in [1.82, 2.24) is 9.55 Å². The van der Waals surface area contributed by atoms with Crippen LogP contribution in [0.5, 0.6) is 0 Å². The number of carbonyl (C=O) groups excluding carboxylic acids is 1. The highest BCUT2D eigenvalue weighted by Crippen LogP contribution is 2.28. The summed E-state index contributed by atoms with van der Waals surface area (Å²) in [6, 6.07) is 1.10. The lowest BCUT2D eigenvalue weighted by molar-refractivity contribution is 0.0524. The molecule has 2 aromatic heterocycles. The van der Waals surface area contributed by atoms with Gasteiger partial charge in [-0.3, -0.25) is 4.79 Å². The van der Waals surface area contributed by atoms with Crippen LogP contribution in [0.4, 0.5) is 10.2 Å². The molecule has 0 aromatic carbocycles. The fourth-order valence-corrected chi connectivity index (χ4v) is 3.47. The third-order valence-corrected chi connectivity index (χ3v) is 5.10. The Balaban J connectivity index is 2.26. The highest BCUT2D eigenvalue weighted by Gasteiger charge is 2.31. The van der Waals surface area contributed by atoms with E-state index in [0.717, 1.165) is 0 Å². The molecule has 0 saturated carbocycles. The van der Waals surface area contributed by atoms with Gasteiger partial charge in [-0.05, 0) is 39.7 Å². The Morgan fingerprint density at radius 1 is 1.39 bits per heavy atom. The first kappa shape index (κ1) is 20.3. The van der Waals surface area contributed by atoms with Crippen LogP contribution in [0.2, 0.25) is 0 Å². The topological polar surface area (TPSA) is 90.5 Å². The lowest BCUT2D eigenvalue weighted by Crippen LogP contribution is -2.31. The van der Waals surface area contributed by atoms with E-state index in [-0.39, 0.29) is 35.3 Å². The zero-order valence-electron chi connectivity index (χ0n) is 17.0. The van der Waals surface area contributed by atoms with E-state index < -0.39 is 22.8 Å². The van der Waals surface area contributed by atoms with Gasteiger partial charge in [0.05, 0.1) is 12.0 Å². The second-order valence-corrected chi connectivity index (χ2v) is 8.34. The number of pyridine rings is 2. The van der Waals surface area contributed by atoms with Crippen LogP contribution in [0.25, 0.3) is 11.0 Å². The van der Waals surface area contributed by atoms with Crippen LogP contribution in [0, 0.1) is 11.7 Å². The average Bonchev–Trinajstić information content (AvgIpc) is 2.93. The highest BCUT2D eigenvalue weighted by molar-refractivity contribution is 5.93. The number of nitrogens with two attached hydrogens (primary N) is 1. The first-order valence-electron chi connectivity index (χ1n) is 9.48. The van der Waals surface area contributed by atoms with Crippen molar-refractivity contribution in [3.05, 3.63) is 33.9 Å². The molecule has 0 spiro atoms. The molecule has 0 amide bonds. The summed E-state index contributed by atoms with van der Waals surface area (Å²) in [4.78, 5) is 31.4. The van der Waals surface area contributed by atoms with E-state index in [1.165, 1.54) is 12.3 Å². The number of halogens is 1. The summed E-state index contributed by atoms with van der Waals surface area (Å²) >= 11 is 0. The Kier molecular flexibility index (Phi) is 5.18. The van der Waals surface area contributed by atoms with Crippen molar-refractivity contribution in [2.75, 3.05) is 24.6 Å². The van der Waals surface area contributed by atoms with E-state index in [4.69, 9.17) is 10.5 Å². The third-order valence-electron chi connectivity index (χ3n) is 5.10. The zero-order chi connectivity index (χ0) is 20.8. The minimum atomic E-state index is -0.726. The van der Waals surface area contributed by atoms with Crippen molar-refractivity contribution in [2.45, 2.75) is 46.2 Å². The summed E-state index contributed by atoms with van der Waals surface area (Å²) in [6.45, 7) is 10.7. The van der Waals surface area contributed by atoms with Gasteiger partial charge < -0.3 is 19.9 Å². The van der Waals surface area contributed by atoms with Gasteiger partial charge in [0.2, 0.25) is 5.43 Å². The second-order valence-electron chi connectivity index (χ2n) is 8.34. The van der Waals surface area contributed by atoms with Crippen LogP contribution in [0.1, 0.15) is 45.0 Å². The Bertz CT molecular complexity index is 970. The predicted molar refractivity (Wildman–Crippen MR) is 106 cm³/mol. The average molecular weight is 390 g/mol. The van der Waals surface area contributed by atoms with Gasteiger partial charge in [0, 0.05) is 30.9 Å². The van der Waals surface area contributed by atoms with Gasteiger partial charge >= 0.3 is 5.97 Å². The van der Waals surface area contributed by atoms with E-state index in [1.807, 2.05) is 27.7 Å². The van der Waals surface area contributed by atoms with Crippen LogP contribution in [0.15, 0.2) is 17.1 Å².